The van der Waals surface area contributed by atoms with Crippen molar-refractivity contribution >= 4 is 13.5 Å². The Kier molecular flexibility index (Phi) is 5.40. The van der Waals surface area contributed by atoms with Crippen LogP contribution in [-0.2, 0) is 9.09 Å². The summed E-state index contributed by atoms with van der Waals surface area (Å²) in [6, 6.07) is 5.08. The van der Waals surface area contributed by atoms with Crippen molar-refractivity contribution in [2.24, 2.45) is 0 Å². The molecule has 0 bridgehead atoms. The van der Waals surface area contributed by atoms with E-state index in [2.05, 4.69) is 4.52 Å². The van der Waals surface area contributed by atoms with Gasteiger partial charge in [0.1, 0.15) is 18.5 Å². The van der Waals surface area contributed by atoms with Crippen molar-refractivity contribution in [1.82, 2.24) is 0 Å². The highest BCUT2D eigenvalue weighted by atomic mass is 31.2. The summed E-state index contributed by atoms with van der Waals surface area (Å²) in [5.41, 5.74) is -0.113. The van der Waals surface area contributed by atoms with Crippen LogP contribution in [0.4, 0.5) is 5.69 Å². The first-order chi connectivity index (χ1) is 8.81. The van der Waals surface area contributed by atoms with E-state index in [1.54, 1.807) is 0 Å². The van der Waals surface area contributed by atoms with E-state index in [1.807, 2.05) is 0 Å². The van der Waals surface area contributed by atoms with Crippen LogP contribution in [0.5, 0.6) is 5.75 Å². The van der Waals surface area contributed by atoms with E-state index in [1.165, 1.54) is 24.3 Å². The lowest BCUT2D eigenvalue weighted by molar-refractivity contribution is -0.384. The van der Waals surface area contributed by atoms with E-state index in [4.69, 9.17) is 19.6 Å². The second-order valence-electron chi connectivity index (χ2n) is 3.46. The third-order valence-corrected chi connectivity index (χ3v) is 2.55. The number of aliphatic hydroxyl groups excluding tert-OH is 1. The number of rotatable bonds is 7. The van der Waals surface area contributed by atoms with Crippen molar-refractivity contribution in [3.63, 3.8) is 0 Å². The first-order valence-electron chi connectivity index (χ1n) is 5.04. The second kappa shape index (κ2) is 6.60. The standard InChI is InChI=1S/C9H12NO8P/c11-5-9(18-19(14,15)16)6-17-8-3-1-7(2-4-8)10(12)13/h1-4,9,11H,5-6H2,(H2,14,15,16). The largest absolute Gasteiger partial charge is 0.491 e. The lowest BCUT2D eigenvalue weighted by atomic mass is 10.3. The number of nitro groups is 1. The molecule has 106 valence electrons. The Labute approximate surface area is 107 Å². The summed E-state index contributed by atoms with van der Waals surface area (Å²) in [5, 5.41) is 19.3. The van der Waals surface area contributed by atoms with Crippen molar-refractivity contribution < 1.29 is 33.6 Å². The van der Waals surface area contributed by atoms with Crippen LogP contribution in [0, 0.1) is 10.1 Å². The number of hydrogen-bond acceptors (Lipinski definition) is 6. The van der Waals surface area contributed by atoms with Gasteiger partial charge in [-0.1, -0.05) is 0 Å². The van der Waals surface area contributed by atoms with Gasteiger partial charge in [-0.2, -0.15) is 0 Å². The summed E-state index contributed by atoms with van der Waals surface area (Å²) < 4.78 is 19.9. The van der Waals surface area contributed by atoms with Crippen molar-refractivity contribution in [2.45, 2.75) is 6.10 Å². The molecular weight excluding hydrogens is 281 g/mol. The first-order valence-corrected chi connectivity index (χ1v) is 6.57. The van der Waals surface area contributed by atoms with Gasteiger partial charge < -0.3 is 19.6 Å². The second-order valence-corrected chi connectivity index (χ2v) is 4.65. The van der Waals surface area contributed by atoms with E-state index in [0.717, 1.165) is 0 Å². The number of nitro benzene ring substituents is 1. The lowest BCUT2D eigenvalue weighted by Crippen LogP contribution is -2.24. The molecule has 0 amide bonds. The predicted molar refractivity (Wildman–Crippen MR) is 62.6 cm³/mol. The Morgan fingerprint density at radius 3 is 2.32 bits per heavy atom. The molecule has 9 nitrogen and oxygen atoms in total. The third kappa shape index (κ3) is 5.77. The van der Waals surface area contributed by atoms with E-state index in [9.17, 15) is 14.7 Å². The Hall–Kier alpha value is -1.51. The molecular formula is C9H12NO8P. The minimum absolute atomic E-state index is 0.113. The van der Waals surface area contributed by atoms with Crippen molar-refractivity contribution in [3.8, 4) is 5.75 Å². The van der Waals surface area contributed by atoms with Crippen LogP contribution >= 0.6 is 7.82 Å². The van der Waals surface area contributed by atoms with Gasteiger partial charge in [0.2, 0.25) is 0 Å². The monoisotopic (exact) mass is 293 g/mol. The molecule has 0 heterocycles. The van der Waals surface area contributed by atoms with E-state index in [-0.39, 0.29) is 18.0 Å². The number of phosphoric acid groups is 1. The quantitative estimate of drug-likeness (QED) is 0.374. The lowest BCUT2D eigenvalue weighted by Gasteiger charge is -2.16. The van der Waals surface area contributed by atoms with Gasteiger partial charge in [-0.25, -0.2) is 4.57 Å². The van der Waals surface area contributed by atoms with Gasteiger partial charge in [0.05, 0.1) is 11.5 Å². The van der Waals surface area contributed by atoms with Gasteiger partial charge in [0, 0.05) is 12.1 Å². The zero-order valence-corrected chi connectivity index (χ0v) is 10.5. The van der Waals surface area contributed by atoms with Gasteiger partial charge in [0.25, 0.3) is 5.69 Å². The van der Waals surface area contributed by atoms with Gasteiger partial charge in [-0.05, 0) is 12.1 Å². The molecule has 3 N–H and O–H groups in total. The first kappa shape index (κ1) is 15.5. The number of ether oxygens (including phenoxy) is 1. The molecule has 0 fully saturated rings. The van der Waals surface area contributed by atoms with Crippen molar-refractivity contribution in [3.05, 3.63) is 34.4 Å². The fraction of sp³-hybridized carbons (Fsp3) is 0.333. The highest BCUT2D eigenvalue weighted by molar-refractivity contribution is 7.46. The molecule has 1 rings (SSSR count). The number of nitrogens with zero attached hydrogens (tertiary/aromatic N) is 1. The predicted octanol–water partition coefficient (Wildman–Crippen LogP) is 0.444. The van der Waals surface area contributed by atoms with Crippen molar-refractivity contribution in [1.29, 1.82) is 0 Å². The molecule has 0 aliphatic carbocycles. The van der Waals surface area contributed by atoms with Crippen LogP contribution in [0.3, 0.4) is 0 Å². The third-order valence-electron chi connectivity index (χ3n) is 1.97. The molecule has 1 unspecified atom stereocenters. The highest BCUT2D eigenvalue weighted by Crippen LogP contribution is 2.37. The molecule has 0 saturated heterocycles. The molecule has 0 spiro atoms. The summed E-state index contributed by atoms with van der Waals surface area (Å²) in [4.78, 5) is 27.0. The van der Waals surface area contributed by atoms with Gasteiger partial charge >= 0.3 is 7.82 Å². The Morgan fingerprint density at radius 1 is 1.32 bits per heavy atom. The summed E-state index contributed by atoms with van der Waals surface area (Å²) in [6.07, 6.45) is -1.20. The normalized spacial score (nSPS) is 13.0. The van der Waals surface area contributed by atoms with Gasteiger partial charge in [0.15, 0.2) is 0 Å². The number of phosphoric ester groups is 1. The fourth-order valence-corrected chi connectivity index (χ4v) is 1.68. The molecule has 0 aliphatic heterocycles. The minimum Gasteiger partial charge on any atom is -0.491 e. The van der Waals surface area contributed by atoms with Crippen LogP contribution in [-0.4, -0.2) is 39.1 Å². The maximum atomic E-state index is 10.6. The molecule has 0 radical (unpaired) electrons. The van der Waals surface area contributed by atoms with Crippen LogP contribution < -0.4 is 4.74 Å². The van der Waals surface area contributed by atoms with Crippen LogP contribution in [0.15, 0.2) is 24.3 Å². The summed E-state index contributed by atoms with van der Waals surface area (Å²) in [5.74, 6) is 0.248. The maximum Gasteiger partial charge on any atom is 0.470 e. The minimum atomic E-state index is -4.71. The van der Waals surface area contributed by atoms with E-state index in [0.29, 0.717) is 0 Å². The summed E-state index contributed by atoms with van der Waals surface area (Å²) in [7, 11) is -4.71. The number of benzene rings is 1. The van der Waals surface area contributed by atoms with E-state index >= 15 is 0 Å². The Balaban J connectivity index is 2.55. The van der Waals surface area contributed by atoms with Crippen LogP contribution in [0.1, 0.15) is 0 Å². The smallest absolute Gasteiger partial charge is 0.470 e. The number of hydrogen-bond donors (Lipinski definition) is 3. The molecule has 10 heteroatoms. The molecule has 0 aromatic heterocycles. The highest BCUT2D eigenvalue weighted by Gasteiger charge is 2.22. The average molecular weight is 293 g/mol. The maximum absolute atomic E-state index is 10.6. The number of aliphatic hydroxyl groups is 1. The average Bonchev–Trinajstić information content (AvgIpc) is 2.33. The van der Waals surface area contributed by atoms with Crippen LogP contribution in [0.2, 0.25) is 0 Å². The molecule has 0 aliphatic rings. The molecule has 1 atom stereocenters. The summed E-state index contributed by atoms with van der Waals surface area (Å²) >= 11 is 0. The van der Waals surface area contributed by atoms with Crippen LogP contribution in [0.25, 0.3) is 0 Å². The number of non-ortho nitro benzene ring substituents is 1. The zero-order valence-electron chi connectivity index (χ0n) is 9.58. The van der Waals surface area contributed by atoms with Gasteiger partial charge in [-0.15, -0.1) is 0 Å². The van der Waals surface area contributed by atoms with Gasteiger partial charge in [-0.3, -0.25) is 14.6 Å². The summed E-state index contributed by atoms with van der Waals surface area (Å²) in [6.45, 7) is -0.947. The Morgan fingerprint density at radius 2 is 1.89 bits per heavy atom. The topological polar surface area (TPSA) is 139 Å². The molecule has 0 saturated carbocycles. The molecule has 1 aromatic rings. The molecule has 1 aromatic carbocycles. The Bertz CT molecular complexity index is 470. The zero-order chi connectivity index (χ0) is 14.5. The fourth-order valence-electron chi connectivity index (χ4n) is 1.16. The SMILES string of the molecule is O=[N+]([O-])c1ccc(OCC(CO)OP(=O)(O)O)cc1. The molecule has 19 heavy (non-hydrogen) atoms. The van der Waals surface area contributed by atoms with E-state index < -0.39 is 25.5 Å². The van der Waals surface area contributed by atoms with Crippen molar-refractivity contribution in [2.75, 3.05) is 13.2 Å².